The Balaban J connectivity index is 2.05. The average Bonchev–Trinajstić information content (AvgIpc) is 2.59. The quantitative estimate of drug-likeness (QED) is 0.761. The fourth-order valence-corrected chi connectivity index (χ4v) is 3.01. The van der Waals surface area contributed by atoms with Crippen molar-refractivity contribution in [3.05, 3.63) is 11.9 Å². The first kappa shape index (κ1) is 17.8. The molecule has 2 aliphatic rings. The number of amides is 1. The van der Waals surface area contributed by atoms with E-state index in [1.165, 1.54) is 0 Å². The highest BCUT2D eigenvalue weighted by atomic mass is 19.3. The van der Waals surface area contributed by atoms with E-state index in [4.69, 9.17) is 10.5 Å². The molecule has 1 saturated heterocycles. The molecule has 0 bridgehead atoms. The predicted molar refractivity (Wildman–Crippen MR) is 84.0 cm³/mol. The number of nitrogens with zero attached hydrogens (tertiary/aromatic N) is 1. The predicted octanol–water partition coefficient (Wildman–Crippen LogP) is 2.72. The number of hydrogen-bond acceptors (Lipinski definition) is 4. The molecule has 1 saturated carbocycles. The molecule has 1 unspecified atom stereocenters. The largest absolute Gasteiger partial charge is 0.403 e. The Morgan fingerprint density at radius 3 is 2.43 bits per heavy atom. The van der Waals surface area contributed by atoms with E-state index in [2.05, 4.69) is 10.3 Å². The van der Waals surface area contributed by atoms with Crippen molar-refractivity contribution in [1.82, 2.24) is 5.32 Å². The molecule has 23 heavy (non-hydrogen) atoms. The molecule has 130 valence electrons. The van der Waals surface area contributed by atoms with Gasteiger partial charge >= 0.3 is 0 Å². The zero-order valence-corrected chi connectivity index (χ0v) is 13.3. The van der Waals surface area contributed by atoms with E-state index in [0.717, 1.165) is 51.1 Å². The van der Waals surface area contributed by atoms with E-state index in [-0.39, 0.29) is 17.5 Å². The van der Waals surface area contributed by atoms with Crippen molar-refractivity contribution in [1.29, 1.82) is 0 Å². The number of alkyl halides is 2. The molecule has 5 nitrogen and oxygen atoms in total. The third-order valence-electron chi connectivity index (χ3n) is 4.32. The molecule has 2 fully saturated rings. The van der Waals surface area contributed by atoms with Crippen molar-refractivity contribution in [2.75, 3.05) is 6.61 Å². The number of nitrogens with one attached hydrogen (secondary N) is 1. The molecule has 3 N–H and O–H groups in total. The van der Waals surface area contributed by atoms with Crippen LogP contribution in [-0.2, 0) is 9.53 Å². The smallest absolute Gasteiger partial charge is 0.282 e. The zero-order chi connectivity index (χ0) is 16.7. The Morgan fingerprint density at radius 2 is 1.87 bits per heavy atom. The third-order valence-corrected chi connectivity index (χ3v) is 4.32. The molecule has 0 aromatic rings. The summed E-state index contributed by atoms with van der Waals surface area (Å²) < 4.78 is 32.1. The monoisotopic (exact) mass is 329 g/mol. The number of ether oxygens (including phenoxy) is 1. The summed E-state index contributed by atoms with van der Waals surface area (Å²) in [5.41, 5.74) is 4.86. The van der Waals surface area contributed by atoms with Crippen LogP contribution < -0.4 is 11.1 Å². The molecule has 7 heteroatoms. The zero-order valence-electron chi connectivity index (χ0n) is 13.3. The van der Waals surface area contributed by atoms with Gasteiger partial charge < -0.3 is 15.8 Å². The standard InChI is InChI=1S/C16H25F2N3O2/c17-15(18)14(21-13-8-4-5-9-23-13)12(10-19)20-16(22)11-6-2-1-3-7-11/h10-11,13,15H,1-9,19H2,(H,20,22). The van der Waals surface area contributed by atoms with Crippen LogP contribution in [0.3, 0.4) is 0 Å². The lowest BCUT2D eigenvalue weighted by atomic mass is 9.88. The van der Waals surface area contributed by atoms with Crippen LogP contribution in [0.5, 0.6) is 0 Å². The number of halogens is 2. The van der Waals surface area contributed by atoms with Gasteiger partial charge in [-0.1, -0.05) is 19.3 Å². The highest BCUT2D eigenvalue weighted by Gasteiger charge is 2.26. The second-order valence-electron chi connectivity index (χ2n) is 6.04. The van der Waals surface area contributed by atoms with Gasteiger partial charge in [0.1, 0.15) is 11.9 Å². The maximum Gasteiger partial charge on any atom is 0.282 e. The van der Waals surface area contributed by atoms with Crippen LogP contribution in [0.15, 0.2) is 16.9 Å². The summed E-state index contributed by atoms with van der Waals surface area (Å²) in [6.07, 6.45) is 4.67. The minimum Gasteiger partial charge on any atom is -0.403 e. The van der Waals surface area contributed by atoms with E-state index in [0.29, 0.717) is 13.0 Å². The van der Waals surface area contributed by atoms with E-state index >= 15 is 0 Å². The fourth-order valence-electron chi connectivity index (χ4n) is 3.01. The third kappa shape index (κ3) is 5.27. The van der Waals surface area contributed by atoms with Gasteiger partial charge in [-0.15, -0.1) is 0 Å². The van der Waals surface area contributed by atoms with Crippen molar-refractivity contribution >= 4 is 11.6 Å². The Bertz CT molecular complexity index is 454. The van der Waals surface area contributed by atoms with E-state index in [9.17, 15) is 13.6 Å². The molecule has 1 heterocycles. The summed E-state index contributed by atoms with van der Waals surface area (Å²) in [6, 6.07) is 0. The number of carbonyl (C=O) groups is 1. The maximum absolute atomic E-state index is 13.3. The summed E-state index contributed by atoms with van der Waals surface area (Å²) >= 11 is 0. The summed E-state index contributed by atoms with van der Waals surface area (Å²) in [5, 5.41) is 2.54. The fraction of sp³-hybridized carbons (Fsp3) is 0.750. The number of aliphatic imine (C=N–C) groups is 1. The number of carbonyl (C=O) groups excluding carboxylic acids is 1. The molecule has 0 aromatic carbocycles. The summed E-state index contributed by atoms with van der Waals surface area (Å²) in [6.45, 7) is 0.515. The maximum atomic E-state index is 13.3. The normalized spacial score (nSPS) is 24.7. The molecule has 1 amide bonds. The Kier molecular flexibility index (Phi) is 6.95. The molecule has 0 spiro atoms. The first-order valence-electron chi connectivity index (χ1n) is 8.32. The van der Waals surface area contributed by atoms with Gasteiger partial charge in [-0.3, -0.25) is 9.79 Å². The highest BCUT2D eigenvalue weighted by molar-refractivity contribution is 6.05. The minimum absolute atomic E-state index is 0.107. The van der Waals surface area contributed by atoms with Gasteiger partial charge in [0.05, 0.1) is 5.70 Å². The van der Waals surface area contributed by atoms with Gasteiger partial charge in [0.2, 0.25) is 5.91 Å². The molecule has 2 rings (SSSR count). The first-order chi connectivity index (χ1) is 11.1. The van der Waals surface area contributed by atoms with Gasteiger partial charge in [-0.2, -0.15) is 0 Å². The van der Waals surface area contributed by atoms with Crippen LogP contribution in [0.4, 0.5) is 8.78 Å². The second-order valence-corrected chi connectivity index (χ2v) is 6.04. The number of hydrogen-bond donors (Lipinski definition) is 2. The van der Waals surface area contributed by atoms with Crippen molar-refractivity contribution in [2.24, 2.45) is 16.6 Å². The molecule has 1 aliphatic heterocycles. The van der Waals surface area contributed by atoms with Gasteiger partial charge in [0, 0.05) is 18.7 Å². The first-order valence-corrected chi connectivity index (χ1v) is 8.32. The van der Waals surface area contributed by atoms with Crippen LogP contribution in [0, 0.1) is 5.92 Å². The van der Waals surface area contributed by atoms with Crippen molar-refractivity contribution in [2.45, 2.75) is 64.0 Å². The van der Waals surface area contributed by atoms with Crippen LogP contribution in [-0.4, -0.2) is 30.9 Å². The van der Waals surface area contributed by atoms with E-state index < -0.39 is 18.4 Å². The molecular weight excluding hydrogens is 304 g/mol. The van der Waals surface area contributed by atoms with Crippen molar-refractivity contribution in [3.63, 3.8) is 0 Å². The van der Waals surface area contributed by atoms with Crippen LogP contribution in [0.2, 0.25) is 0 Å². The Morgan fingerprint density at radius 1 is 1.17 bits per heavy atom. The van der Waals surface area contributed by atoms with Gasteiger partial charge in [-0.05, 0) is 32.1 Å². The topological polar surface area (TPSA) is 76.7 Å². The van der Waals surface area contributed by atoms with Crippen LogP contribution in [0.1, 0.15) is 51.4 Å². The lowest BCUT2D eigenvalue weighted by Crippen LogP contribution is -2.37. The molecule has 1 aliphatic carbocycles. The number of rotatable bonds is 5. The number of allylic oxidation sites excluding steroid dienone is 1. The Labute approximate surface area is 135 Å². The molecule has 0 aromatic heterocycles. The van der Waals surface area contributed by atoms with Crippen molar-refractivity contribution in [3.8, 4) is 0 Å². The molecule has 0 radical (unpaired) electrons. The minimum atomic E-state index is -2.82. The molecule has 1 atom stereocenters. The van der Waals surface area contributed by atoms with E-state index in [1.54, 1.807) is 0 Å². The number of nitrogens with two attached hydrogens (primary N) is 1. The van der Waals surface area contributed by atoms with Crippen molar-refractivity contribution < 1.29 is 18.3 Å². The SMILES string of the molecule is NC=C(NC(=O)C1CCCCC1)C(=NC1CCCCO1)C(F)F. The van der Waals surface area contributed by atoms with Gasteiger partial charge in [0.25, 0.3) is 6.43 Å². The lowest BCUT2D eigenvalue weighted by Gasteiger charge is -2.23. The Hall–Kier alpha value is -1.50. The summed E-state index contributed by atoms with van der Waals surface area (Å²) in [5.74, 6) is -0.386. The van der Waals surface area contributed by atoms with Gasteiger partial charge in [-0.25, -0.2) is 8.78 Å². The van der Waals surface area contributed by atoms with Crippen LogP contribution >= 0.6 is 0 Å². The summed E-state index contributed by atoms with van der Waals surface area (Å²) in [4.78, 5) is 16.2. The van der Waals surface area contributed by atoms with Gasteiger partial charge in [0.15, 0.2) is 0 Å². The van der Waals surface area contributed by atoms with E-state index in [1.807, 2.05) is 0 Å². The lowest BCUT2D eigenvalue weighted by molar-refractivity contribution is -0.125. The second kappa shape index (κ2) is 8.96. The highest BCUT2D eigenvalue weighted by Crippen LogP contribution is 2.24. The van der Waals surface area contributed by atoms with Crippen LogP contribution in [0.25, 0.3) is 0 Å². The molecular formula is C16H25F2N3O2. The average molecular weight is 329 g/mol. The summed E-state index contributed by atoms with van der Waals surface area (Å²) in [7, 11) is 0.